The van der Waals surface area contributed by atoms with Crippen molar-refractivity contribution in [3.8, 4) is 0 Å². The summed E-state index contributed by atoms with van der Waals surface area (Å²) in [5.74, 6) is 0. The molecule has 0 aromatic carbocycles. The Balaban J connectivity index is 3.62. The molecular formula is C11H18NO3P. The lowest BCUT2D eigenvalue weighted by molar-refractivity contribution is -0.111. The zero-order chi connectivity index (χ0) is 12.4. The van der Waals surface area contributed by atoms with E-state index in [1.807, 2.05) is 13.0 Å². The third-order valence-corrected chi connectivity index (χ3v) is 2.83. The number of allylic oxidation sites excluding steroid dienone is 3. The summed E-state index contributed by atoms with van der Waals surface area (Å²) >= 11 is 0. The molecule has 0 bridgehead atoms. The van der Waals surface area contributed by atoms with Gasteiger partial charge in [0.25, 0.3) is 0 Å². The Morgan fingerprint density at radius 3 is 2.75 bits per heavy atom. The summed E-state index contributed by atoms with van der Waals surface area (Å²) in [6.07, 6.45) is 4.17. The molecule has 0 aliphatic heterocycles. The number of nitrogens with one attached hydrogen (secondary N) is 1. The SMILES string of the molecule is C=C/C=C(/C)PC(=O)CCCNC(=O)OC. The van der Waals surface area contributed by atoms with Gasteiger partial charge in [-0.15, -0.1) is 0 Å². The van der Waals surface area contributed by atoms with Crippen LogP contribution >= 0.6 is 8.58 Å². The number of methoxy groups -OCH3 is 1. The molecule has 16 heavy (non-hydrogen) atoms. The molecule has 1 atom stereocenters. The van der Waals surface area contributed by atoms with Gasteiger partial charge in [0.1, 0.15) is 0 Å². The summed E-state index contributed by atoms with van der Waals surface area (Å²) < 4.78 is 4.40. The predicted octanol–water partition coefficient (Wildman–Crippen LogP) is 2.42. The van der Waals surface area contributed by atoms with Gasteiger partial charge in [-0.25, -0.2) is 4.79 Å². The van der Waals surface area contributed by atoms with Crippen molar-refractivity contribution in [2.24, 2.45) is 0 Å². The standard InChI is InChI=1S/C11H18NO3P/c1-4-6-9(2)16-10(13)7-5-8-12-11(14)15-3/h4,6,16H,1,5,7-8H2,2-3H3,(H,12,14)/b9-6-. The van der Waals surface area contributed by atoms with Gasteiger partial charge in [0.15, 0.2) is 5.52 Å². The minimum Gasteiger partial charge on any atom is -0.453 e. The first-order valence-corrected chi connectivity index (χ1v) is 6.01. The first-order valence-electron chi connectivity index (χ1n) is 5.01. The number of hydrogen-bond acceptors (Lipinski definition) is 3. The third kappa shape index (κ3) is 8.18. The smallest absolute Gasteiger partial charge is 0.406 e. The van der Waals surface area contributed by atoms with Crippen molar-refractivity contribution >= 4 is 20.2 Å². The van der Waals surface area contributed by atoms with Crippen LogP contribution in [0.25, 0.3) is 0 Å². The summed E-state index contributed by atoms with van der Waals surface area (Å²) in [4.78, 5) is 22.1. The fourth-order valence-electron chi connectivity index (χ4n) is 1.01. The van der Waals surface area contributed by atoms with Gasteiger partial charge in [0.2, 0.25) is 0 Å². The largest absolute Gasteiger partial charge is 0.453 e. The molecule has 0 radical (unpaired) electrons. The molecule has 0 aromatic rings. The van der Waals surface area contributed by atoms with Gasteiger partial charge in [-0.05, 0) is 27.2 Å². The van der Waals surface area contributed by atoms with E-state index in [0.717, 1.165) is 5.31 Å². The van der Waals surface area contributed by atoms with Crippen molar-refractivity contribution in [2.45, 2.75) is 19.8 Å². The molecule has 1 unspecified atom stereocenters. The maximum Gasteiger partial charge on any atom is 0.406 e. The molecule has 5 heteroatoms. The van der Waals surface area contributed by atoms with E-state index >= 15 is 0 Å². The molecule has 0 heterocycles. The fraction of sp³-hybridized carbons (Fsp3) is 0.455. The molecule has 0 saturated heterocycles. The Labute approximate surface area is 97.9 Å². The molecule has 0 spiro atoms. The van der Waals surface area contributed by atoms with Crippen LogP contribution in [0.2, 0.25) is 0 Å². The average Bonchev–Trinajstić information content (AvgIpc) is 2.24. The molecule has 1 amide bonds. The highest BCUT2D eigenvalue weighted by molar-refractivity contribution is 7.61. The Hall–Kier alpha value is -1.15. The Kier molecular flexibility index (Phi) is 8.45. The van der Waals surface area contributed by atoms with Crippen LogP contribution in [0.15, 0.2) is 24.0 Å². The molecule has 0 aliphatic carbocycles. The van der Waals surface area contributed by atoms with E-state index in [-0.39, 0.29) is 14.1 Å². The van der Waals surface area contributed by atoms with Crippen molar-refractivity contribution in [3.05, 3.63) is 24.0 Å². The van der Waals surface area contributed by atoms with Crippen molar-refractivity contribution < 1.29 is 14.3 Å². The molecule has 0 rings (SSSR count). The molecule has 1 N–H and O–H groups in total. The Morgan fingerprint density at radius 1 is 1.50 bits per heavy atom. The number of hydrogen-bond donors (Lipinski definition) is 1. The van der Waals surface area contributed by atoms with Gasteiger partial charge in [0, 0.05) is 13.0 Å². The van der Waals surface area contributed by atoms with Gasteiger partial charge < -0.3 is 10.1 Å². The molecule has 0 aliphatic rings. The quantitative estimate of drug-likeness (QED) is 0.424. The summed E-state index contributed by atoms with van der Waals surface area (Å²) in [6, 6.07) is 0. The number of carbonyl (C=O) groups is 2. The van der Waals surface area contributed by atoms with Crippen LogP contribution in [-0.4, -0.2) is 25.3 Å². The summed E-state index contributed by atoms with van der Waals surface area (Å²) in [5.41, 5.74) is 0.197. The van der Waals surface area contributed by atoms with Crippen molar-refractivity contribution in [1.29, 1.82) is 0 Å². The van der Waals surface area contributed by atoms with Gasteiger partial charge in [-0.3, -0.25) is 4.79 Å². The number of ether oxygens (including phenoxy) is 1. The molecular weight excluding hydrogens is 225 g/mol. The Morgan fingerprint density at radius 2 is 2.19 bits per heavy atom. The van der Waals surface area contributed by atoms with Gasteiger partial charge >= 0.3 is 6.09 Å². The monoisotopic (exact) mass is 243 g/mol. The lowest BCUT2D eigenvalue weighted by Crippen LogP contribution is -2.24. The fourth-order valence-corrected chi connectivity index (χ4v) is 1.96. The average molecular weight is 243 g/mol. The molecule has 90 valence electrons. The second-order valence-electron chi connectivity index (χ2n) is 3.16. The van der Waals surface area contributed by atoms with E-state index in [1.54, 1.807) is 6.08 Å². The van der Waals surface area contributed by atoms with Crippen LogP contribution in [0.5, 0.6) is 0 Å². The maximum absolute atomic E-state index is 11.4. The molecule has 0 fully saturated rings. The first kappa shape index (κ1) is 14.8. The predicted molar refractivity (Wildman–Crippen MR) is 66.9 cm³/mol. The Bertz CT molecular complexity index is 287. The first-order chi connectivity index (χ1) is 7.60. The highest BCUT2D eigenvalue weighted by Gasteiger charge is 2.03. The third-order valence-electron chi connectivity index (χ3n) is 1.74. The van der Waals surface area contributed by atoms with Gasteiger partial charge in [-0.2, -0.15) is 0 Å². The minimum atomic E-state index is -0.461. The molecule has 0 aromatic heterocycles. The molecule has 4 nitrogen and oxygen atoms in total. The topological polar surface area (TPSA) is 55.4 Å². The number of amides is 1. The normalized spacial score (nSPS) is 11.5. The van der Waals surface area contributed by atoms with E-state index in [1.165, 1.54) is 7.11 Å². The van der Waals surface area contributed by atoms with Crippen LogP contribution in [0.1, 0.15) is 19.8 Å². The molecule has 0 saturated carbocycles. The highest BCUT2D eigenvalue weighted by atomic mass is 31.1. The van der Waals surface area contributed by atoms with Crippen LogP contribution < -0.4 is 5.32 Å². The van der Waals surface area contributed by atoms with E-state index in [4.69, 9.17) is 0 Å². The minimum absolute atomic E-state index is 0.197. The van der Waals surface area contributed by atoms with E-state index in [9.17, 15) is 9.59 Å². The maximum atomic E-state index is 11.4. The van der Waals surface area contributed by atoms with E-state index < -0.39 is 6.09 Å². The second-order valence-corrected chi connectivity index (χ2v) is 4.75. The van der Waals surface area contributed by atoms with Crippen LogP contribution in [-0.2, 0) is 9.53 Å². The van der Waals surface area contributed by atoms with Crippen molar-refractivity contribution in [1.82, 2.24) is 5.32 Å². The summed E-state index contributed by atoms with van der Waals surface area (Å²) in [5, 5.41) is 3.55. The van der Waals surface area contributed by atoms with Crippen LogP contribution in [0.4, 0.5) is 4.79 Å². The second kappa shape index (κ2) is 9.10. The summed E-state index contributed by atoms with van der Waals surface area (Å²) in [7, 11) is 1.51. The van der Waals surface area contributed by atoms with E-state index in [2.05, 4.69) is 16.6 Å². The van der Waals surface area contributed by atoms with Gasteiger partial charge in [-0.1, -0.05) is 18.7 Å². The van der Waals surface area contributed by atoms with Crippen molar-refractivity contribution in [3.63, 3.8) is 0 Å². The highest BCUT2D eigenvalue weighted by Crippen LogP contribution is 2.25. The van der Waals surface area contributed by atoms with Crippen LogP contribution in [0, 0.1) is 0 Å². The van der Waals surface area contributed by atoms with Gasteiger partial charge in [0.05, 0.1) is 7.11 Å². The number of rotatable bonds is 7. The van der Waals surface area contributed by atoms with Crippen molar-refractivity contribution in [2.75, 3.05) is 13.7 Å². The summed E-state index contributed by atoms with van der Waals surface area (Å²) in [6.45, 7) is 5.94. The lowest BCUT2D eigenvalue weighted by atomic mass is 10.3. The van der Waals surface area contributed by atoms with Crippen LogP contribution in [0.3, 0.4) is 0 Å². The van der Waals surface area contributed by atoms with E-state index in [0.29, 0.717) is 19.4 Å². The number of carbonyl (C=O) groups excluding carboxylic acids is 2. The lowest BCUT2D eigenvalue weighted by Gasteiger charge is -2.03. The zero-order valence-corrected chi connectivity index (χ0v) is 10.7. The zero-order valence-electron chi connectivity index (χ0n) is 9.71. The number of alkyl carbamates (subject to hydrolysis) is 1.